The van der Waals surface area contributed by atoms with Crippen LogP contribution in [-0.2, 0) is 4.74 Å². The van der Waals surface area contributed by atoms with E-state index in [1.165, 1.54) is 51.5 Å². The maximum Gasteiger partial charge on any atom is 0.0707 e. The van der Waals surface area contributed by atoms with Crippen LogP contribution in [0, 0.1) is 5.41 Å². The van der Waals surface area contributed by atoms with Crippen LogP contribution >= 0.6 is 0 Å². The molecule has 17 heavy (non-hydrogen) atoms. The fraction of sp³-hybridized carbons (Fsp3) is 1.00. The minimum absolute atomic E-state index is 0.113. The zero-order valence-electron chi connectivity index (χ0n) is 11.8. The van der Waals surface area contributed by atoms with E-state index in [4.69, 9.17) is 4.74 Å². The highest BCUT2D eigenvalue weighted by Crippen LogP contribution is 2.40. The van der Waals surface area contributed by atoms with Crippen molar-refractivity contribution >= 4 is 0 Å². The number of ether oxygens (including phenoxy) is 1. The van der Waals surface area contributed by atoms with E-state index in [0.717, 1.165) is 6.54 Å². The van der Waals surface area contributed by atoms with E-state index in [-0.39, 0.29) is 5.60 Å². The van der Waals surface area contributed by atoms with Crippen molar-refractivity contribution in [3.8, 4) is 0 Å². The summed E-state index contributed by atoms with van der Waals surface area (Å²) in [5.41, 5.74) is 0.719. The Labute approximate surface area is 107 Å². The summed E-state index contributed by atoms with van der Waals surface area (Å²) < 4.78 is 6.02. The molecule has 2 fully saturated rings. The van der Waals surface area contributed by atoms with Crippen molar-refractivity contribution in [1.29, 1.82) is 0 Å². The second-order valence-corrected chi connectivity index (χ2v) is 6.73. The fourth-order valence-corrected chi connectivity index (χ4v) is 3.50. The van der Waals surface area contributed by atoms with Crippen molar-refractivity contribution in [1.82, 2.24) is 5.32 Å². The van der Waals surface area contributed by atoms with Gasteiger partial charge in [-0.05, 0) is 51.4 Å². The summed E-state index contributed by atoms with van der Waals surface area (Å²) in [5, 5.41) is 3.67. The lowest BCUT2D eigenvalue weighted by atomic mass is 9.83. The van der Waals surface area contributed by atoms with E-state index in [0.29, 0.717) is 11.5 Å². The van der Waals surface area contributed by atoms with Crippen molar-refractivity contribution in [3.05, 3.63) is 0 Å². The Morgan fingerprint density at radius 1 is 1.18 bits per heavy atom. The van der Waals surface area contributed by atoms with Gasteiger partial charge in [-0.1, -0.05) is 19.8 Å². The molecule has 2 heteroatoms. The van der Waals surface area contributed by atoms with Crippen LogP contribution in [0.25, 0.3) is 0 Å². The standard InChI is InChI=1S/C15H29NO/c1-4-15(8-5-6-9-15)12-16-11-13-7-10-14(2,3)17-13/h13,16H,4-12H2,1-3H3. The molecule has 1 saturated carbocycles. The largest absolute Gasteiger partial charge is 0.371 e. The third-order valence-electron chi connectivity index (χ3n) is 4.84. The molecule has 1 heterocycles. The van der Waals surface area contributed by atoms with Gasteiger partial charge in [0, 0.05) is 13.1 Å². The van der Waals surface area contributed by atoms with Crippen LogP contribution in [0.3, 0.4) is 0 Å². The molecule has 1 saturated heterocycles. The number of hydrogen-bond donors (Lipinski definition) is 1. The minimum Gasteiger partial charge on any atom is -0.371 e. The molecule has 1 aliphatic carbocycles. The van der Waals surface area contributed by atoms with Crippen LogP contribution in [-0.4, -0.2) is 24.8 Å². The summed E-state index contributed by atoms with van der Waals surface area (Å²) in [6, 6.07) is 0. The molecule has 0 spiro atoms. The summed E-state index contributed by atoms with van der Waals surface area (Å²) >= 11 is 0. The average molecular weight is 239 g/mol. The minimum atomic E-state index is 0.113. The Bertz CT molecular complexity index is 243. The predicted octanol–water partition coefficient (Wildman–Crippen LogP) is 3.50. The summed E-state index contributed by atoms with van der Waals surface area (Å²) in [5.74, 6) is 0. The monoisotopic (exact) mass is 239 g/mol. The molecule has 0 aromatic carbocycles. The molecule has 0 amide bonds. The molecule has 0 aromatic heterocycles. The van der Waals surface area contributed by atoms with Crippen molar-refractivity contribution < 1.29 is 4.74 Å². The lowest BCUT2D eigenvalue weighted by Crippen LogP contribution is -2.36. The number of hydrogen-bond acceptors (Lipinski definition) is 2. The van der Waals surface area contributed by atoms with Gasteiger partial charge in [0.15, 0.2) is 0 Å². The quantitative estimate of drug-likeness (QED) is 0.793. The Hall–Kier alpha value is -0.0800. The van der Waals surface area contributed by atoms with Gasteiger partial charge in [-0.15, -0.1) is 0 Å². The zero-order valence-corrected chi connectivity index (χ0v) is 11.8. The van der Waals surface area contributed by atoms with Gasteiger partial charge in [0.1, 0.15) is 0 Å². The third-order valence-corrected chi connectivity index (χ3v) is 4.84. The Morgan fingerprint density at radius 2 is 1.88 bits per heavy atom. The SMILES string of the molecule is CCC1(CNCC2CCC(C)(C)O2)CCCC1. The van der Waals surface area contributed by atoms with E-state index in [1.54, 1.807) is 0 Å². The Balaban J connectivity index is 1.69. The van der Waals surface area contributed by atoms with E-state index in [2.05, 4.69) is 26.1 Å². The van der Waals surface area contributed by atoms with Gasteiger partial charge >= 0.3 is 0 Å². The highest BCUT2D eigenvalue weighted by atomic mass is 16.5. The first-order chi connectivity index (χ1) is 8.05. The van der Waals surface area contributed by atoms with Gasteiger partial charge < -0.3 is 10.1 Å². The summed E-state index contributed by atoms with van der Waals surface area (Å²) in [4.78, 5) is 0. The molecule has 100 valence electrons. The normalized spacial score (nSPS) is 30.9. The van der Waals surface area contributed by atoms with E-state index in [1.807, 2.05) is 0 Å². The van der Waals surface area contributed by atoms with Crippen molar-refractivity contribution in [3.63, 3.8) is 0 Å². The first-order valence-electron chi connectivity index (χ1n) is 7.44. The van der Waals surface area contributed by atoms with Crippen LogP contribution in [0.5, 0.6) is 0 Å². The number of rotatable bonds is 5. The molecule has 0 radical (unpaired) electrons. The topological polar surface area (TPSA) is 21.3 Å². The van der Waals surface area contributed by atoms with Gasteiger partial charge in [-0.3, -0.25) is 0 Å². The first kappa shape index (κ1) is 13.4. The van der Waals surface area contributed by atoms with Gasteiger partial charge in [-0.25, -0.2) is 0 Å². The van der Waals surface area contributed by atoms with Crippen LogP contribution in [0.1, 0.15) is 65.7 Å². The predicted molar refractivity (Wildman–Crippen MR) is 72.2 cm³/mol. The first-order valence-corrected chi connectivity index (χ1v) is 7.44. The lowest BCUT2D eigenvalue weighted by molar-refractivity contribution is -0.0150. The fourth-order valence-electron chi connectivity index (χ4n) is 3.50. The molecule has 0 bridgehead atoms. The van der Waals surface area contributed by atoms with E-state index < -0.39 is 0 Å². The zero-order chi connectivity index (χ0) is 12.4. The van der Waals surface area contributed by atoms with Crippen molar-refractivity contribution in [2.75, 3.05) is 13.1 Å². The van der Waals surface area contributed by atoms with E-state index in [9.17, 15) is 0 Å². The smallest absolute Gasteiger partial charge is 0.0707 e. The molecular formula is C15H29NO. The van der Waals surface area contributed by atoms with Gasteiger partial charge in [0.25, 0.3) is 0 Å². The molecule has 2 nitrogen and oxygen atoms in total. The van der Waals surface area contributed by atoms with E-state index >= 15 is 0 Å². The molecule has 0 aromatic rings. The molecule has 1 aliphatic heterocycles. The van der Waals surface area contributed by atoms with Crippen LogP contribution in [0.2, 0.25) is 0 Å². The van der Waals surface area contributed by atoms with Crippen LogP contribution in [0.4, 0.5) is 0 Å². The van der Waals surface area contributed by atoms with Gasteiger partial charge in [-0.2, -0.15) is 0 Å². The second kappa shape index (κ2) is 5.27. The second-order valence-electron chi connectivity index (χ2n) is 6.73. The molecule has 2 aliphatic rings. The third kappa shape index (κ3) is 3.45. The maximum absolute atomic E-state index is 6.02. The van der Waals surface area contributed by atoms with Crippen molar-refractivity contribution in [2.24, 2.45) is 5.41 Å². The van der Waals surface area contributed by atoms with Gasteiger partial charge in [0.2, 0.25) is 0 Å². The van der Waals surface area contributed by atoms with Crippen LogP contribution < -0.4 is 5.32 Å². The maximum atomic E-state index is 6.02. The summed E-state index contributed by atoms with van der Waals surface area (Å²) in [6.45, 7) is 9.01. The summed E-state index contributed by atoms with van der Waals surface area (Å²) in [6.07, 6.45) is 9.92. The van der Waals surface area contributed by atoms with Crippen molar-refractivity contribution in [2.45, 2.75) is 77.4 Å². The highest BCUT2D eigenvalue weighted by molar-refractivity contribution is 4.87. The van der Waals surface area contributed by atoms with Crippen LogP contribution in [0.15, 0.2) is 0 Å². The van der Waals surface area contributed by atoms with Gasteiger partial charge in [0.05, 0.1) is 11.7 Å². The molecule has 1 N–H and O–H groups in total. The number of nitrogens with one attached hydrogen (secondary N) is 1. The molecule has 2 rings (SSSR count). The lowest BCUT2D eigenvalue weighted by Gasteiger charge is -2.28. The highest BCUT2D eigenvalue weighted by Gasteiger charge is 2.34. The molecule has 1 atom stereocenters. The Morgan fingerprint density at radius 3 is 2.41 bits per heavy atom. The molecular weight excluding hydrogens is 210 g/mol. The Kier molecular flexibility index (Phi) is 4.14. The average Bonchev–Trinajstić information content (AvgIpc) is 2.87. The molecule has 1 unspecified atom stereocenters. The summed E-state index contributed by atoms with van der Waals surface area (Å²) in [7, 11) is 0.